The van der Waals surface area contributed by atoms with Crippen LogP contribution in [0.15, 0.2) is 97.1 Å². The fraction of sp³-hybridized carbons (Fsp3) is 0.0476. The van der Waals surface area contributed by atoms with Gasteiger partial charge in [0.2, 0.25) is 0 Å². The molecule has 0 saturated carbocycles. The summed E-state index contributed by atoms with van der Waals surface area (Å²) in [6.07, 6.45) is 2.23. The minimum atomic E-state index is 0. The molecular weight excluding hydrogens is 320 g/mol. The summed E-state index contributed by atoms with van der Waals surface area (Å²) in [4.78, 5) is 0. The van der Waals surface area contributed by atoms with E-state index in [9.17, 15) is 0 Å². The molecule has 0 aliphatic carbocycles. The lowest BCUT2D eigenvalue weighted by Gasteiger charge is -2.13. The largest absolute Gasteiger partial charge is 0.167 e. The van der Waals surface area contributed by atoms with Crippen molar-refractivity contribution in [2.75, 3.05) is 0 Å². The lowest BCUT2D eigenvalue weighted by Crippen LogP contribution is -1.92. The third-order valence-corrected chi connectivity index (χ3v) is 4.08. The van der Waals surface area contributed by atoms with Gasteiger partial charge in [-0.2, -0.15) is 12.6 Å². The lowest BCUT2D eigenvalue weighted by molar-refractivity contribution is 1.24. The number of hydrogen-bond acceptors (Lipinski definition) is 1. The minimum absolute atomic E-state index is 0. The standard InChI is InChI=1S/C21H18S.ClH/c22-21(19-14-8-3-9-15-19)16-20(17-10-4-1-5-11-17)18-12-6-2-7-13-18;/h1-16,21-22H;1H. The molecule has 0 fully saturated rings. The molecule has 3 aromatic rings. The second-order valence-electron chi connectivity index (χ2n) is 5.17. The van der Waals surface area contributed by atoms with Gasteiger partial charge in [-0.05, 0) is 22.3 Å². The Hall–Kier alpha value is -1.96. The SMILES string of the molecule is Cl.SC(C=C(c1ccccc1)c1ccccc1)c1ccccc1. The second kappa shape index (κ2) is 8.61. The Bertz CT molecular complexity index is 695. The van der Waals surface area contributed by atoms with E-state index < -0.39 is 0 Å². The Morgan fingerprint density at radius 1 is 0.652 bits per heavy atom. The summed E-state index contributed by atoms with van der Waals surface area (Å²) < 4.78 is 0. The monoisotopic (exact) mass is 338 g/mol. The van der Waals surface area contributed by atoms with E-state index in [0.717, 1.165) is 0 Å². The maximum Gasteiger partial charge on any atom is 0.0456 e. The minimum Gasteiger partial charge on any atom is -0.167 e. The summed E-state index contributed by atoms with van der Waals surface area (Å²) in [7, 11) is 0. The first-order valence-corrected chi connectivity index (χ1v) is 7.92. The highest BCUT2D eigenvalue weighted by molar-refractivity contribution is 7.80. The van der Waals surface area contributed by atoms with Crippen LogP contribution in [0.3, 0.4) is 0 Å². The molecule has 0 N–H and O–H groups in total. The van der Waals surface area contributed by atoms with Gasteiger partial charge in [-0.25, -0.2) is 0 Å². The first-order valence-electron chi connectivity index (χ1n) is 7.40. The van der Waals surface area contributed by atoms with Crippen LogP contribution < -0.4 is 0 Å². The zero-order chi connectivity index (χ0) is 15.2. The molecule has 0 aliphatic heterocycles. The van der Waals surface area contributed by atoms with E-state index in [0.29, 0.717) is 0 Å². The zero-order valence-corrected chi connectivity index (χ0v) is 14.4. The lowest BCUT2D eigenvalue weighted by atomic mass is 9.96. The maximum atomic E-state index is 4.78. The van der Waals surface area contributed by atoms with E-state index in [1.165, 1.54) is 22.3 Å². The van der Waals surface area contributed by atoms with E-state index in [-0.39, 0.29) is 17.7 Å². The molecule has 3 rings (SSSR count). The van der Waals surface area contributed by atoms with Gasteiger partial charge < -0.3 is 0 Å². The van der Waals surface area contributed by atoms with Crippen molar-refractivity contribution in [1.82, 2.24) is 0 Å². The molecule has 116 valence electrons. The average Bonchev–Trinajstić information content (AvgIpc) is 2.62. The molecule has 0 aromatic heterocycles. The molecule has 0 nitrogen and oxygen atoms in total. The molecule has 0 bridgehead atoms. The van der Waals surface area contributed by atoms with Crippen LogP contribution in [0.1, 0.15) is 21.9 Å². The van der Waals surface area contributed by atoms with E-state index in [2.05, 4.69) is 78.9 Å². The fourth-order valence-corrected chi connectivity index (χ4v) is 2.82. The van der Waals surface area contributed by atoms with Crippen LogP contribution in [0.5, 0.6) is 0 Å². The van der Waals surface area contributed by atoms with Crippen LogP contribution in [0.25, 0.3) is 5.57 Å². The molecule has 1 unspecified atom stereocenters. The van der Waals surface area contributed by atoms with Gasteiger partial charge in [0.05, 0.1) is 0 Å². The summed E-state index contributed by atoms with van der Waals surface area (Å²) in [6, 6.07) is 31.3. The Kier molecular flexibility index (Phi) is 6.52. The van der Waals surface area contributed by atoms with Crippen molar-refractivity contribution >= 4 is 30.6 Å². The van der Waals surface area contributed by atoms with Crippen LogP contribution in [0.4, 0.5) is 0 Å². The Labute approximate surface area is 149 Å². The summed E-state index contributed by atoms with van der Waals surface area (Å²) >= 11 is 4.78. The summed E-state index contributed by atoms with van der Waals surface area (Å²) in [6.45, 7) is 0. The second-order valence-corrected chi connectivity index (χ2v) is 5.72. The van der Waals surface area contributed by atoms with Crippen molar-refractivity contribution in [3.8, 4) is 0 Å². The van der Waals surface area contributed by atoms with Crippen LogP contribution in [-0.2, 0) is 0 Å². The number of halogens is 1. The number of rotatable bonds is 4. The predicted molar refractivity (Wildman–Crippen MR) is 105 cm³/mol. The molecule has 2 heteroatoms. The Morgan fingerprint density at radius 3 is 1.48 bits per heavy atom. The molecule has 1 atom stereocenters. The molecule has 0 saturated heterocycles. The molecule has 0 spiro atoms. The Balaban J connectivity index is 0.00000192. The van der Waals surface area contributed by atoms with Gasteiger partial charge >= 0.3 is 0 Å². The highest BCUT2D eigenvalue weighted by Crippen LogP contribution is 2.30. The van der Waals surface area contributed by atoms with Crippen LogP contribution in [-0.4, -0.2) is 0 Å². The molecule has 0 heterocycles. The first kappa shape index (κ1) is 17.4. The zero-order valence-electron chi connectivity index (χ0n) is 12.7. The van der Waals surface area contributed by atoms with Gasteiger partial charge in [0.25, 0.3) is 0 Å². The molecule has 0 aliphatic rings. The quantitative estimate of drug-likeness (QED) is 0.537. The summed E-state index contributed by atoms with van der Waals surface area (Å²) in [5, 5.41) is 0.0663. The van der Waals surface area contributed by atoms with Gasteiger partial charge in [-0.3, -0.25) is 0 Å². The van der Waals surface area contributed by atoms with Crippen LogP contribution >= 0.6 is 25.0 Å². The van der Waals surface area contributed by atoms with Crippen molar-refractivity contribution in [2.24, 2.45) is 0 Å². The smallest absolute Gasteiger partial charge is 0.0456 e. The third-order valence-electron chi connectivity index (χ3n) is 3.64. The highest BCUT2D eigenvalue weighted by atomic mass is 35.5. The van der Waals surface area contributed by atoms with Gasteiger partial charge in [-0.1, -0.05) is 97.1 Å². The van der Waals surface area contributed by atoms with E-state index in [4.69, 9.17) is 12.6 Å². The Morgan fingerprint density at radius 2 is 1.04 bits per heavy atom. The van der Waals surface area contributed by atoms with Gasteiger partial charge in [-0.15, -0.1) is 12.4 Å². The molecular formula is C21H19ClS. The molecule has 0 radical (unpaired) electrons. The van der Waals surface area contributed by atoms with E-state index >= 15 is 0 Å². The first-order chi connectivity index (χ1) is 10.8. The highest BCUT2D eigenvalue weighted by Gasteiger charge is 2.09. The third kappa shape index (κ3) is 4.51. The summed E-state index contributed by atoms with van der Waals surface area (Å²) in [5.41, 5.74) is 4.84. The normalized spacial score (nSPS) is 11.2. The van der Waals surface area contributed by atoms with Crippen molar-refractivity contribution in [2.45, 2.75) is 5.25 Å². The van der Waals surface area contributed by atoms with Crippen LogP contribution in [0.2, 0.25) is 0 Å². The molecule has 23 heavy (non-hydrogen) atoms. The number of benzene rings is 3. The summed E-state index contributed by atoms with van der Waals surface area (Å²) in [5.74, 6) is 0. The van der Waals surface area contributed by atoms with Crippen molar-refractivity contribution in [3.05, 3.63) is 114 Å². The predicted octanol–water partition coefficient (Wildman–Crippen LogP) is 6.21. The molecule has 0 amide bonds. The number of hydrogen-bond donors (Lipinski definition) is 1. The van der Waals surface area contributed by atoms with E-state index in [1.54, 1.807) is 0 Å². The average molecular weight is 339 g/mol. The van der Waals surface area contributed by atoms with Gasteiger partial charge in [0.1, 0.15) is 0 Å². The van der Waals surface area contributed by atoms with Gasteiger partial charge in [0.15, 0.2) is 0 Å². The van der Waals surface area contributed by atoms with Gasteiger partial charge in [0, 0.05) is 5.25 Å². The fourth-order valence-electron chi connectivity index (χ4n) is 2.50. The van der Waals surface area contributed by atoms with Crippen molar-refractivity contribution < 1.29 is 0 Å². The maximum absolute atomic E-state index is 4.78. The van der Waals surface area contributed by atoms with Crippen molar-refractivity contribution in [1.29, 1.82) is 0 Å². The number of thiol groups is 1. The molecule has 3 aromatic carbocycles. The topological polar surface area (TPSA) is 0 Å². The van der Waals surface area contributed by atoms with Crippen molar-refractivity contribution in [3.63, 3.8) is 0 Å². The van der Waals surface area contributed by atoms with Crippen LogP contribution in [0, 0.1) is 0 Å². The van der Waals surface area contributed by atoms with E-state index in [1.807, 2.05) is 18.2 Å².